The standard InChI is InChI=1S/C46H28O.C38H24O/c1-2-14-31-29(12-1)13-11-22-32(31)35-25-26-41(34-16-4-3-15-33(34)35)46-39-20-7-5-18-37(39)45(38-19-6-8-21-40(38)46)30-24-27-44-42(28-30)36-17-9-10-23-43(36)47-44;1-2-12-25(13-3-1)27-14-4-5-16-29(27)38-32-19-8-6-17-30(32)37(31-18-7-9-20-33(31)38)26-22-23-36-34(24-26)28-15-10-11-21-35(28)39-36/h1-28H;1-24H/i1D,2D,3D,4D,5D,6D,7D,8D,9D,10D,11D,12D,13D,14D,15D,16D,17D,18D,19D,20D,21D,22D,23D,24D,25D,26D,27D,28D;1D,2D,3D,4D,5D,6D,7D,8D,9D,10D,11D,12D,13D,14D,15D,16D,17D,18D,19D,20D,21D,22D,23D,24D. The van der Waals surface area contributed by atoms with Crippen molar-refractivity contribution in [1.82, 2.24) is 0 Å². The van der Waals surface area contributed by atoms with Crippen molar-refractivity contribution in [3.63, 3.8) is 0 Å². The van der Waals surface area contributed by atoms with E-state index in [4.69, 9.17) is 56.8 Å². The SMILES string of the molecule is [2H]c1c([2H])c([2H])c(-c2c([2H])c([2H])c([2H])c([2H])c2-c2c3c([2H])c([2H])c([2H])c([2H])c3c(-c3c([2H])c([2H])c4oc5c([2H])c([2H])c([2H])c([2H])c5c4c3[2H])c3c([2H])c([2H])c([2H])c([2H])c23)c([2H])c1[2H].[2H]c1c([2H])c([2H])c2c(oc3c([2H])c([2H])c(-c4c5c([2H])c([2H])c([2H])c([2H])c5c(-c5c([2H])c([2H])c(-c6c([2H])c([2H])c([2H])c7c([2H])c([2H])c([2H])c([2H])c67)c6c([2H])c([2H])c([2H])c([2H])c56)c5c([2H])c([2H])c([2H])c([2H])c45)c([2H])c32)c1[2H]. The second kappa shape index (κ2) is 20.2. The fraction of sp³-hybridized carbons (Fsp3) is 0. The lowest BCUT2D eigenvalue weighted by Gasteiger charge is -2.20. The Balaban J connectivity index is 0.000000194. The van der Waals surface area contributed by atoms with Crippen molar-refractivity contribution >= 4 is 109 Å². The summed E-state index contributed by atoms with van der Waals surface area (Å²) in [6.45, 7) is 0. The van der Waals surface area contributed by atoms with Gasteiger partial charge in [-0.3, -0.25) is 0 Å². The number of furan rings is 2. The van der Waals surface area contributed by atoms with Gasteiger partial charge in [0.1, 0.15) is 22.3 Å². The summed E-state index contributed by atoms with van der Waals surface area (Å²) in [6.07, 6.45) is 0. The van der Waals surface area contributed by atoms with Crippen molar-refractivity contribution in [2.45, 2.75) is 0 Å². The highest BCUT2D eigenvalue weighted by atomic mass is 16.3. The molecule has 0 spiro atoms. The number of fused-ring (bicyclic) bond motifs is 12. The van der Waals surface area contributed by atoms with Crippen LogP contribution in [0.4, 0.5) is 0 Å². The van der Waals surface area contributed by atoms with Crippen LogP contribution in [-0.4, -0.2) is 0 Å². The molecule has 2 heterocycles. The highest BCUT2D eigenvalue weighted by molar-refractivity contribution is 6.26. The van der Waals surface area contributed by atoms with E-state index in [0.29, 0.717) is 0 Å². The summed E-state index contributed by atoms with van der Waals surface area (Å²) in [4.78, 5) is 0. The minimum atomic E-state index is -1.12. The van der Waals surface area contributed by atoms with Crippen molar-refractivity contribution < 1.29 is 80.1 Å². The van der Waals surface area contributed by atoms with Crippen molar-refractivity contribution in [2.75, 3.05) is 0 Å². The molecule has 0 radical (unpaired) electrons. The zero-order chi connectivity index (χ0) is 102. The van der Waals surface area contributed by atoms with Gasteiger partial charge in [-0.25, -0.2) is 0 Å². The molecule has 0 atom stereocenters. The van der Waals surface area contributed by atoms with Gasteiger partial charge in [-0.15, -0.1) is 0 Å². The highest BCUT2D eigenvalue weighted by Crippen LogP contribution is 2.50. The third-order valence-electron chi connectivity index (χ3n) is 14.0. The van der Waals surface area contributed by atoms with E-state index in [2.05, 4.69) is 0 Å². The lowest BCUT2D eigenvalue weighted by Crippen LogP contribution is -1.92. The number of benzene rings is 16. The Morgan fingerprint density at radius 2 is 0.500 bits per heavy atom. The molecular formula is C84H52O2. The molecule has 86 heavy (non-hydrogen) atoms. The average molecular weight is 1150 g/mol. The molecule has 0 saturated heterocycles. The van der Waals surface area contributed by atoms with Crippen LogP contribution in [0.3, 0.4) is 0 Å². The van der Waals surface area contributed by atoms with E-state index in [9.17, 15) is 23.3 Å². The molecule has 2 aromatic heterocycles. The summed E-state index contributed by atoms with van der Waals surface area (Å²) in [7, 11) is 0. The number of para-hydroxylation sites is 2. The Hall–Kier alpha value is -11.3. The van der Waals surface area contributed by atoms with Crippen LogP contribution in [-0.2, 0) is 0 Å². The van der Waals surface area contributed by atoms with Crippen LogP contribution in [0, 0.1) is 0 Å². The van der Waals surface area contributed by atoms with Crippen LogP contribution in [0.2, 0.25) is 0 Å². The molecule has 0 N–H and O–H groups in total. The molecule has 18 aromatic rings. The molecule has 0 bridgehead atoms. The lowest BCUT2D eigenvalue weighted by molar-refractivity contribution is 0.668. The highest BCUT2D eigenvalue weighted by Gasteiger charge is 2.22. The first-order chi connectivity index (χ1) is 64.3. The van der Waals surface area contributed by atoms with Crippen molar-refractivity contribution in [3.05, 3.63) is 314 Å². The van der Waals surface area contributed by atoms with E-state index < -0.39 is 489 Å². The Morgan fingerprint density at radius 1 is 0.174 bits per heavy atom. The summed E-state index contributed by atoms with van der Waals surface area (Å²) in [6, 6.07) is -48.3. The Bertz CT molecular complexity index is 8760. The molecular weight excluding hydrogens is 1040 g/mol. The second-order valence-corrected chi connectivity index (χ2v) is 18.5. The van der Waals surface area contributed by atoms with Crippen molar-refractivity contribution in [2.24, 2.45) is 0 Å². The zero-order valence-electron chi connectivity index (χ0n) is 94.8. The molecule has 400 valence electrons. The van der Waals surface area contributed by atoms with E-state index in [0.717, 1.165) is 0 Å². The normalized spacial score (nSPS) is 20.2. The molecule has 2 heteroatoms. The summed E-state index contributed by atoms with van der Waals surface area (Å²) in [5, 5.41) is -10.6. The van der Waals surface area contributed by atoms with Gasteiger partial charge in [0.15, 0.2) is 0 Å². The first-order valence-electron chi connectivity index (χ1n) is 51.3. The fourth-order valence-electron chi connectivity index (χ4n) is 10.5. The lowest BCUT2D eigenvalue weighted by atomic mass is 9.83. The van der Waals surface area contributed by atoms with Crippen LogP contribution < -0.4 is 0 Å². The van der Waals surface area contributed by atoms with Crippen molar-refractivity contribution in [1.29, 1.82) is 0 Å². The smallest absolute Gasteiger partial charge is 0.135 e. The number of hydrogen-bond acceptors (Lipinski definition) is 2. The molecule has 18 rings (SSSR count). The van der Waals surface area contributed by atoms with Gasteiger partial charge in [0.05, 0.1) is 71.3 Å². The molecule has 0 amide bonds. The summed E-state index contributed by atoms with van der Waals surface area (Å²) < 4.78 is 477. The topological polar surface area (TPSA) is 26.3 Å². The number of rotatable bonds is 6. The summed E-state index contributed by atoms with van der Waals surface area (Å²) in [5.41, 5.74) is -11.3. The van der Waals surface area contributed by atoms with Crippen LogP contribution in [0.25, 0.3) is 175 Å². The van der Waals surface area contributed by atoms with E-state index in [1.807, 2.05) is 0 Å². The van der Waals surface area contributed by atoms with Crippen LogP contribution >= 0.6 is 0 Å². The molecule has 16 aromatic carbocycles. The van der Waals surface area contributed by atoms with Gasteiger partial charge in [0.25, 0.3) is 0 Å². The molecule has 0 saturated carbocycles. The molecule has 2 nitrogen and oxygen atoms in total. The molecule has 0 aliphatic carbocycles. The largest absolute Gasteiger partial charge is 0.456 e. The maximum Gasteiger partial charge on any atom is 0.135 e. The van der Waals surface area contributed by atoms with E-state index >= 15 is 0 Å². The summed E-state index contributed by atoms with van der Waals surface area (Å²) >= 11 is 0. The van der Waals surface area contributed by atoms with Crippen LogP contribution in [0.5, 0.6) is 0 Å². The number of hydrogen-bond donors (Lipinski definition) is 0. The second-order valence-electron chi connectivity index (χ2n) is 18.5. The Morgan fingerprint density at radius 3 is 1.01 bits per heavy atom. The Labute approximate surface area is 569 Å². The van der Waals surface area contributed by atoms with Gasteiger partial charge in [-0.05, 0) is 168 Å². The van der Waals surface area contributed by atoms with Gasteiger partial charge in [0, 0.05) is 21.5 Å². The molecule has 0 unspecified atom stereocenters. The quantitative estimate of drug-likeness (QED) is 0.155. The van der Waals surface area contributed by atoms with Gasteiger partial charge in [-0.1, -0.05) is 278 Å². The maximum absolute atomic E-state index is 9.89. The maximum atomic E-state index is 9.89. The van der Waals surface area contributed by atoms with Gasteiger partial charge in [-0.2, -0.15) is 0 Å². The third-order valence-corrected chi connectivity index (χ3v) is 14.0. The first kappa shape index (κ1) is 19.9. The fourth-order valence-corrected chi connectivity index (χ4v) is 10.5. The van der Waals surface area contributed by atoms with Gasteiger partial charge >= 0.3 is 0 Å². The average Bonchev–Trinajstić information content (AvgIpc) is 0.977. The molecule has 0 aliphatic rings. The van der Waals surface area contributed by atoms with E-state index in [-0.39, 0.29) is 0 Å². The van der Waals surface area contributed by atoms with E-state index in [1.54, 1.807) is 0 Å². The Kier molecular flexibility index (Phi) is 4.69. The minimum absolute atomic E-state index is 0.409. The zero-order valence-corrected chi connectivity index (χ0v) is 42.8. The van der Waals surface area contributed by atoms with E-state index in [1.165, 1.54) is 0 Å². The van der Waals surface area contributed by atoms with Crippen LogP contribution in [0.15, 0.2) is 323 Å². The summed E-state index contributed by atoms with van der Waals surface area (Å²) in [5.74, 6) is 0. The van der Waals surface area contributed by atoms with Gasteiger partial charge in [0.2, 0.25) is 0 Å². The predicted octanol–water partition coefficient (Wildman–Crippen LogP) is 24.1. The van der Waals surface area contributed by atoms with Gasteiger partial charge < -0.3 is 8.83 Å². The predicted molar refractivity (Wildman–Crippen MR) is 365 cm³/mol. The van der Waals surface area contributed by atoms with Crippen molar-refractivity contribution in [3.8, 4) is 66.8 Å². The monoisotopic (exact) mass is 1140 g/mol. The third kappa shape index (κ3) is 7.95. The first-order valence-corrected chi connectivity index (χ1v) is 25.3. The molecule has 0 fully saturated rings. The van der Waals surface area contributed by atoms with Crippen LogP contribution in [0.1, 0.15) is 71.3 Å². The minimum Gasteiger partial charge on any atom is -0.456 e. The molecule has 0 aliphatic heterocycles.